The number of hydrogen-bond acceptors (Lipinski definition) is 3. The first-order valence-electron chi connectivity index (χ1n) is 11.0. The van der Waals surface area contributed by atoms with Gasteiger partial charge in [-0.2, -0.15) is 0 Å². The number of ether oxygens (including phenoxy) is 2. The zero-order valence-electron chi connectivity index (χ0n) is 17.8. The molecule has 30 heavy (non-hydrogen) atoms. The van der Waals surface area contributed by atoms with E-state index in [-0.39, 0.29) is 17.7 Å². The second-order valence-corrected chi connectivity index (χ2v) is 8.57. The molecule has 2 aliphatic heterocycles. The molecule has 0 aliphatic carbocycles. The molecule has 4 rings (SSSR count). The first-order chi connectivity index (χ1) is 14.6. The lowest BCUT2D eigenvalue weighted by molar-refractivity contribution is -0.154. The third kappa shape index (κ3) is 5.41. The number of carbonyl (C=O) groups excluding carboxylic acids is 1. The Morgan fingerprint density at radius 1 is 1.10 bits per heavy atom. The summed E-state index contributed by atoms with van der Waals surface area (Å²) < 4.78 is 12.4. The summed E-state index contributed by atoms with van der Waals surface area (Å²) in [6.07, 6.45) is 3.82. The van der Waals surface area contributed by atoms with Gasteiger partial charge < -0.3 is 19.7 Å². The van der Waals surface area contributed by atoms with Crippen molar-refractivity contribution in [2.75, 3.05) is 19.7 Å². The Labute approximate surface area is 179 Å². The van der Waals surface area contributed by atoms with Gasteiger partial charge in [0.15, 0.2) is 0 Å². The van der Waals surface area contributed by atoms with E-state index in [1.807, 2.05) is 23.1 Å². The predicted octanol–water partition coefficient (Wildman–Crippen LogP) is 4.44. The van der Waals surface area contributed by atoms with Gasteiger partial charge in [-0.3, -0.25) is 0 Å². The maximum atomic E-state index is 12.6. The van der Waals surface area contributed by atoms with Crippen molar-refractivity contribution >= 4 is 6.03 Å². The van der Waals surface area contributed by atoms with E-state index in [0.717, 1.165) is 50.9 Å². The van der Waals surface area contributed by atoms with E-state index in [4.69, 9.17) is 9.47 Å². The third-order valence-corrected chi connectivity index (χ3v) is 6.30. The lowest BCUT2D eigenvalue weighted by Crippen LogP contribution is -2.53. The monoisotopic (exact) mass is 408 g/mol. The fourth-order valence-corrected chi connectivity index (χ4v) is 4.37. The molecule has 0 radical (unpaired) electrons. The third-order valence-electron chi connectivity index (χ3n) is 6.30. The van der Waals surface area contributed by atoms with Crippen LogP contribution in [0.15, 0.2) is 54.6 Å². The molecule has 0 saturated carbocycles. The molecule has 2 aromatic rings. The first kappa shape index (κ1) is 20.9. The van der Waals surface area contributed by atoms with Crippen molar-refractivity contribution in [1.82, 2.24) is 10.2 Å². The van der Waals surface area contributed by atoms with Crippen molar-refractivity contribution in [2.45, 2.75) is 57.5 Å². The minimum absolute atomic E-state index is 0.0121. The molecule has 5 nitrogen and oxygen atoms in total. The molecule has 2 fully saturated rings. The summed E-state index contributed by atoms with van der Waals surface area (Å²) in [5.41, 5.74) is 3.41. The molecule has 2 aromatic carbocycles. The Kier molecular flexibility index (Phi) is 6.70. The van der Waals surface area contributed by atoms with Gasteiger partial charge in [0.25, 0.3) is 0 Å². The van der Waals surface area contributed by atoms with Crippen molar-refractivity contribution in [3.63, 3.8) is 0 Å². The van der Waals surface area contributed by atoms with Crippen LogP contribution in [-0.2, 0) is 22.6 Å². The highest BCUT2D eigenvalue weighted by molar-refractivity contribution is 5.74. The smallest absolute Gasteiger partial charge is 0.317 e. The number of aryl methyl sites for hydroxylation is 1. The Morgan fingerprint density at radius 2 is 1.83 bits per heavy atom. The Hall–Kier alpha value is -2.37. The molecule has 2 heterocycles. The zero-order valence-corrected chi connectivity index (χ0v) is 17.8. The molecule has 2 amide bonds. The maximum Gasteiger partial charge on any atom is 0.317 e. The predicted molar refractivity (Wildman–Crippen MR) is 117 cm³/mol. The molecular weight excluding hydrogens is 376 g/mol. The van der Waals surface area contributed by atoms with Gasteiger partial charge >= 0.3 is 6.03 Å². The van der Waals surface area contributed by atoms with E-state index in [1.54, 1.807) is 0 Å². The summed E-state index contributed by atoms with van der Waals surface area (Å²) in [7, 11) is 0. The largest absolute Gasteiger partial charge is 0.375 e. The van der Waals surface area contributed by atoms with E-state index in [1.165, 1.54) is 11.1 Å². The SMILES string of the molecule is Cc1ccc(CNC(=O)N2CCC3(CC2)CC(OCc2ccccc2)CCO3)cc1. The van der Waals surface area contributed by atoms with Gasteiger partial charge in [0.05, 0.1) is 18.3 Å². The fraction of sp³-hybridized carbons (Fsp3) is 0.480. The number of likely N-dealkylation sites (tertiary alicyclic amines) is 1. The molecule has 1 spiro atoms. The van der Waals surface area contributed by atoms with E-state index in [0.29, 0.717) is 13.2 Å². The van der Waals surface area contributed by atoms with Gasteiger partial charge in [0.2, 0.25) is 0 Å². The lowest BCUT2D eigenvalue weighted by Gasteiger charge is -2.46. The summed E-state index contributed by atoms with van der Waals surface area (Å²) in [6, 6.07) is 18.6. The number of amides is 2. The van der Waals surface area contributed by atoms with Crippen LogP contribution in [-0.4, -0.2) is 42.3 Å². The lowest BCUT2D eigenvalue weighted by atomic mass is 9.83. The topological polar surface area (TPSA) is 50.8 Å². The van der Waals surface area contributed by atoms with Gasteiger partial charge in [-0.15, -0.1) is 0 Å². The number of piperidine rings is 1. The van der Waals surface area contributed by atoms with Gasteiger partial charge in [0, 0.05) is 32.7 Å². The Balaban J connectivity index is 1.23. The van der Waals surface area contributed by atoms with Gasteiger partial charge in [0.1, 0.15) is 0 Å². The summed E-state index contributed by atoms with van der Waals surface area (Å²) in [5.74, 6) is 0. The molecule has 1 atom stereocenters. The van der Waals surface area contributed by atoms with Crippen LogP contribution in [0.2, 0.25) is 0 Å². The first-order valence-corrected chi connectivity index (χ1v) is 11.0. The van der Waals surface area contributed by atoms with Gasteiger partial charge in [-0.05, 0) is 37.3 Å². The molecule has 0 aromatic heterocycles. The van der Waals surface area contributed by atoms with Gasteiger partial charge in [-0.25, -0.2) is 4.79 Å². The number of rotatable bonds is 5. The minimum Gasteiger partial charge on any atom is -0.375 e. The van der Waals surface area contributed by atoms with E-state index in [9.17, 15) is 4.79 Å². The van der Waals surface area contributed by atoms with Crippen LogP contribution in [0.4, 0.5) is 4.79 Å². The second-order valence-electron chi connectivity index (χ2n) is 8.57. The number of carbonyl (C=O) groups is 1. The van der Waals surface area contributed by atoms with E-state index >= 15 is 0 Å². The van der Waals surface area contributed by atoms with Crippen molar-refractivity contribution in [3.05, 3.63) is 71.3 Å². The van der Waals surface area contributed by atoms with Crippen LogP contribution in [0.1, 0.15) is 42.4 Å². The zero-order chi connectivity index (χ0) is 20.8. The molecule has 1 N–H and O–H groups in total. The molecule has 5 heteroatoms. The van der Waals surface area contributed by atoms with Crippen LogP contribution in [0.25, 0.3) is 0 Å². The second kappa shape index (κ2) is 9.63. The van der Waals surface area contributed by atoms with Crippen molar-refractivity contribution in [3.8, 4) is 0 Å². The number of urea groups is 1. The molecule has 0 bridgehead atoms. The molecule has 160 valence electrons. The van der Waals surface area contributed by atoms with Crippen LogP contribution < -0.4 is 5.32 Å². The van der Waals surface area contributed by atoms with E-state index < -0.39 is 0 Å². The van der Waals surface area contributed by atoms with Gasteiger partial charge in [-0.1, -0.05) is 60.2 Å². The van der Waals surface area contributed by atoms with Crippen molar-refractivity contribution in [1.29, 1.82) is 0 Å². The van der Waals surface area contributed by atoms with Crippen LogP contribution in [0.5, 0.6) is 0 Å². The maximum absolute atomic E-state index is 12.6. The highest BCUT2D eigenvalue weighted by Gasteiger charge is 2.41. The molecule has 1 unspecified atom stereocenters. The highest BCUT2D eigenvalue weighted by Crippen LogP contribution is 2.36. The average Bonchev–Trinajstić information content (AvgIpc) is 2.78. The number of benzene rings is 2. The number of nitrogens with one attached hydrogen (secondary N) is 1. The van der Waals surface area contributed by atoms with Crippen molar-refractivity contribution < 1.29 is 14.3 Å². The normalized spacial score (nSPS) is 20.8. The molecule has 2 saturated heterocycles. The summed E-state index contributed by atoms with van der Waals surface area (Å²) >= 11 is 0. The highest BCUT2D eigenvalue weighted by atomic mass is 16.5. The summed E-state index contributed by atoms with van der Waals surface area (Å²) in [4.78, 5) is 14.5. The standard InChI is InChI=1S/C25H32N2O3/c1-20-7-9-21(10-8-20)18-26-24(28)27-14-12-25(13-15-27)17-23(11-16-30-25)29-19-22-5-3-2-4-6-22/h2-10,23H,11-19H2,1H3,(H,26,28). The minimum atomic E-state index is -0.145. The molecular formula is C25H32N2O3. The number of nitrogens with zero attached hydrogens (tertiary/aromatic N) is 1. The average molecular weight is 409 g/mol. The van der Waals surface area contributed by atoms with E-state index in [2.05, 4.69) is 48.6 Å². The van der Waals surface area contributed by atoms with Crippen molar-refractivity contribution in [2.24, 2.45) is 0 Å². The van der Waals surface area contributed by atoms with Crippen LogP contribution >= 0.6 is 0 Å². The molecule has 2 aliphatic rings. The summed E-state index contributed by atoms with van der Waals surface area (Å²) in [5, 5.41) is 3.05. The Morgan fingerprint density at radius 3 is 2.57 bits per heavy atom. The van der Waals surface area contributed by atoms with Crippen LogP contribution in [0.3, 0.4) is 0 Å². The Bertz CT molecular complexity index is 814. The fourth-order valence-electron chi connectivity index (χ4n) is 4.37. The quantitative estimate of drug-likeness (QED) is 0.796. The number of hydrogen-bond donors (Lipinski definition) is 1. The summed E-state index contributed by atoms with van der Waals surface area (Å²) in [6.45, 7) is 5.47. The van der Waals surface area contributed by atoms with Crippen LogP contribution in [0, 0.1) is 6.92 Å².